The molecule has 0 N–H and O–H groups in total. The van der Waals surface area contributed by atoms with E-state index in [2.05, 4.69) is 0 Å². The molecule has 16 heteroatoms. The van der Waals surface area contributed by atoms with Crippen molar-refractivity contribution in [2.75, 3.05) is 31.8 Å². The normalized spacial score (nSPS) is 18.0. The van der Waals surface area contributed by atoms with Crippen molar-refractivity contribution in [3.05, 3.63) is 64.2 Å². The number of carbonyl (C=O) groups excluding carboxylic acids is 2. The van der Waals surface area contributed by atoms with E-state index in [1.807, 2.05) is 0 Å². The van der Waals surface area contributed by atoms with Crippen LogP contribution in [-0.4, -0.2) is 49.5 Å². The Labute approximate surface area is 245 Å². The third kappa shape index (κ3) is 7.16. The van der Waals surface area contributed by atoms with Gasteiger partial charge in [0, 0.05) is 18.7 Å². The number of carbonyl (C=O) groups is 2. The van der Waals surface area contributed by atoms with Crippen molar-refractivity contribution < 1.29 is 63.3 Å². The lowest BCUT2D eigenvalue weighted by atomic mass is 9.96. The Morgan fingerprint density at radius 2 is 1.50 bits per heavy atom. The van der Waals surface area contributed by atoms with Gasteiger partial charge < -0.3 is 14.2 Å². The van der Waals surface area contributed by atoms with Crippen LogP contribution in [0.2, 0.25) is 0 Å². The van der Waals surface area contributed by atoms with E-state index in [0.29, 0.717) is 12.1 Å². The first-order valence-electron chi connectivity index (χ1n) is 13.3. The zero-order chi connectivity index (χ0) is 32.7. The van der Waals surface area contributed by atoms with Gasteiger partial charge in [0.1, 0.15) is 0 Å². The van der Waals surface area contributed by atoms with Gasteiger partial charge in [-0.3, -0.25) is 9.80 Å². The van der Waals surface area contributed by atoms with Gasteiger partial charge in [0.05, 0.1) is 54.3 Å². The fourth-order valence-corrected chi connectivity index (χ4v) is 5.03. The molecule has 1 aliphatic heterocycles. The quantitative estimate of drug-likeness (QED) is 0.287. The van der Waals surface area contributed by atoms with E-state index in [1.54, 1.807) is 0 Å². The highest BCUT2D eigenvalue weighted by atomic mass is 19.4. The molecular formula is C28H27F9N2O5. The molecule has 1 atom stereocenters. The first-order chi connectivity index (χ1) is 20.4. The van der Waals surface area contributed by atoms with Crippen LogP contribution in [-0.2, 0) is 39.3 Å². The number of nitrogens with zero attached hydrogens (tertiary/aromatic N) is 2. The number of amides is 2. The highest BCUT2D eigenvalue weighted by Crippen LogP contribution is 2.47. The average Bonchev–Trinajstić information content (AvgIpc) is 3.73. The number of methoxy groups -OCH3 is 1. The summed E-state index contributed by atoms with van der Waals surface area (Å²) in [5.41, 5.74) is -5.59. The molecule has 242 valence electrons. The minimum absolute atomic E-state index is 0.0215. The lowest BCUT2D eigenvalue weighted by Crippen LogP contribution is -2.45. The van der Waals surface area contributed by atoms with Gasteiger partial charge in [-0.15, -0.1) is 0 Å². The summed E-state index contributed by atoms with van der Waals surface area (Å²) in [6, 6.07) is 3.79. The van der Waals surface area contributed by atoms with E-state index in [1.165, 1.54) is 6.92 Å². The van der Waals surface area contributed by atoms with Crippen molar-refractivity contribution in [2.24, 2.45) is 0 Å². The molecule has 2 aliphatic rings. The number of fused-ring (bicyclic) bond motifs is 1. The number of rotatable bonds is 7. The maximum absolute atomic E-state index is 13.5. The van der Waals surface area contributed by atoms with Crippen LogP contribution in [0, 0.1) is 0 Å². The fourth-order valence-electron chi connectivity index (χ4n) is 5.03. The lowest BCUT2D eigenvalue weighted by Gasteiger charge is -2.36. The number of alkyl halides is 9. The summed E-state index contributed by atoms with van der Waals surface area (Å²) in [6.07, 6.45) is -17.0. The second-order valence-electron chi connectivity index (χ2n) is 10.4. The van der Waals surface area contributed by atoms with Crippen LogP contribution in [0.25, 0.3) is 0 Å². The van der Waals surface area contributed by atoms with Crippen LogP contribution in [0.5, 0.6) is 0 Å². The molecule has 2 amide bonds. The van der Waals surface area contributed by atoms with Gasteiger partial charge in [0.25, 0.3) is 0 Å². The molecule has 0 bridgehead atoms. The molecule has 0 radical (unpaired) electrons. The van der Waals surface area contributed by atoms with Gasteiger partial charge in [-0.2, -0.15) is 39.5 Å². The summed E-state index contributed by atoms with van der Waals surface area (Å²) in [6.45, 7) is 0.502. The third-order valence-electron chi connectivity index (χ3n) is 7.43. The number of halogens is 9. The van der Waals surface area contributed by atoms with Gasteiger partial charge >= 0.3 is 30.7 Å². The summed E-state index contributed by atoms with van der Waals surface area (Å²) in [5.74, 6) is 0. The van der Waals surface area contributed by atoms with Crippen molar-refractivity contribution in [3.8, 4) is 0 Å². The molecule has 1 unspecified atom stereocenters. The monoisotopic (exact) mass is 642 g/mol. The maximum Gasteiger partial charge on any atom is 0.416 e. The fraction of sp³-hybridized carbons (Fsp3) is 0.500. The van der Waals surface area contributed by atoms with E-state index >= 15 is 0 Å². The van der Waals surface area contributed by atoms with Crippen molar-refractivity contribution in [1.29, 1.82) is 0 Å². The van der Waals surface area contributed by atoms with Gasteiger partial charge in [-0.1, -0.05) is 6.07 Å². The van der Waals surface area contributed by atoms with Crippen molar-refractivity contribution in [1.82, 2.24) is 4.90 Å². The molecular weight excluding hydrogens is 615 g/mol. The summed E-state index contributed by atoms with van der Waals surface area (Å²) in [4.78, 5) is 27.3. The standard InChI is InChI=1S/C28H27F9N2O5/c1-3-43-23(40)38-9-6-22(20-5-4-17(13-21(20)38)26(29,30)31)44-15-25(7-8-25)39(24(41)42-2)14-16-10-18(27(32,33)34)12-19(11-16)28(35,36)37/h4-5,10-13,22H,3,6-9,14-15H2,1-2H3. The topological polar surface area (TPSA) is 68.3 Å². The van der Waals surface area contributed by atoms with Gasteiger partial charge in [0.15, 0.2) is 0 Å². The summed E-state index contributed by atoms with van der Waals surface area (Å²) < 4.78 is 137. The zero-order valence-corrected chi connectivity index (χ0v) is 23.3. The zero-order valence-electron chi connectivity index (χ0n) is 23.3. The molecule has 2 aromatic carbocycles. The SMILES string of the molecule is CCOC(=O)N1CCC(OCC2(N(Cc3cc(C(F)(F)F)cc(C(F)(F)F)c3)C(=O)OC)CC2)c2ccc(C(F)(F)F)cc21. The predicted octanol–water partition coefficient (Wildman–Crippen LogP) is 7.97. The first kappa shape index (κ1) is 33.2. The number of hydrogen-bond acceptors (Lipinski definition) is 5. The van der Waals surface area contributed by atoms with Crippen LogP contribution in [0.15, 0.2) is 36.4 Å². The summed E-state index contributed by atoms with van der Waals surface area (Å²) >= 11 is 0. The minimum Gasteiger partial charge on any atom is -0.453 e. The Bertz CT molecular complexity index is 1350. The molecule has 2 aromatic rings. The molecule has 1 aliphatic carbocycles. The molecule has 0 saturated heterocycles. The van der Waals surface area contributed by atoms with Crippen LogP contribution >= 0.6 is 0 Å². The van der Waals surface area contributed by atoms with Gasteiger partial charge in [-0.25, -0.2) is 9.59 Å². The summed E-state index contributed by atoms with van der Waals surface area (Å²) in [5, 5.41) is 0. The van der Waals surface area contributed by atoms with Gasteiger partial charge in [-0.05, 0) is 62.1 Å². The average molecular weight is 643 g/mol. The minimum atomic E-state index is -5.09. The van der Waals surface area contributed by atoms with E-state index in [-0.39, 0.29) is 56.3 Å². The molecule has 0 spiro atoms. The third-order valence-corrected chi connectivity index (χ3v) is 7.43. The van der Waals surface area contributed by atoms with Crippen LogP contribution < -0.4 is 4.90 Å². The second kappa shape index (κ2) is 12.0. The first-order valence-corrected chi connectivity index (χ1v) is 13.3. The largest absolute Gasteiger partial charge is 0.453 e. The number of ether oxygens (including phenoxy) is 3. The Morgan fingerprint density at radius 1 is 0.909 bits per heavy atom. The van der Waals surface area contributed by atoms with Crippen molar-refractivity contribution in [3.63, 3.8) is 0 Å². The smallest absolute Gasteiger partial charge is 0.416 e. The van der Waals surface area contributed by atoms with E-state index in [9.17, 15) is 49.1 Å². The van der Waals surface area contributed by atoms with E-state index < -0.39 is 71.2 Å². The molecule has 1 saturated carbocycles. The van der Waals surface area contributed by atoms with Gasteiger partial charge in [0.2, 0.25) is 0 Å². The number of anilines is 1. The van der Waals surface area contributed by atoms with Crippen molar-refractivity contribution >= 4 is 17.9 Å². The predicted molar refractivity (Wildman–Crippen MR) is 135 cm³/mol. The Kier molecular flexibility index (Phi) is 9.06. The molecule has 7 nitrogen and oxygen atoms in total. The molecule has 0 aromatic heterocycles. The molecule has 4 rings (SSSR count). The highest BCUT2D eigenvalue weighted by Gasteiger charge is 2.52. The lowest BCUT2D eigenvalue weighted by molar-refractivity contribution is -0.143. The Balaban J connectivity index is 1.62. The van der Waals surface area contributed by atoms with Crippen LogP contribution in [0.3, 0.4) is 0 Å². The molecule has 44 heavy (non-hydrogen) atoms. The number of hydrogen-bond donors (Lipinski definition) is 0. The Hall–Kier alpha value is -3.69. The molecule has 1 fully saturated rings. The van der Waals surface area contributed by atoms with E-state index in [4.69, 9.17) is 14.2 Å². The van der Waals surface area contributed by atoms with Crippen LogP contribution in [0.1, 0.15) is 60.1 Å². The second-order valence-corrected chi connectivity index (χ2v) is 10.4. The van der Waals surface area contributed by atoms with Crippen molar-refractivity contribution in [2.45, 2.75) is 62.9 Å². The number of benzene rings is 2. The van der Waals surface area contributed by atoms with Crippen LogP contribution in [0.4, 0.5) is 54.8 Å². The Morgan fingerprint density at radius 3 is 2.00 bits per heavy atom. The molecule has 1 heterocycles. The maximum atomic E-state index is 13.5. The van der Waals surface area contributed by atoms with E-state index in [0.717, 1.165) is 35.1 Å². The highest BCUT2D eigenvalue weighted by molar-refractivity contribution is 5.89. The summed E-state index contributed by atoms with van der Waals surface area (Å²) in [7, 11) is 0.999.